The van der Waals surface area contributed by atoms with Gasteiger partial charge in [-0.15, -0.1) is 0 Å². The molecular formula is C20H14O2. The van der Waals surface area contributed by atoms with Crippen LogP contribution in [0.5, 0.6) is 11.5 Å². The Morgan fingerprint density at radius 2 is 1.36 bits per heavy atom. The number of benzene rings is 4. The van der Waals surface area contributed by atoms with E-state index in [1.807, 2.05) is 48.5 Å². The third-order valence-electron chi connectivity index (χ3n) is 4.00. The van der Waals surface area contributed by atoms with Crippen molar-refractivity contribution in [2.24, 2.45) is 0 Å². The van der Waals surface area contributed by atoms with Gasteiger partial charge in [-0.05, 0) is 57.6 Å². The van der Waals surface area contributed by atoms with Gasteiger partial charge in [0.25, 0.3) is 0 Å². The number of fused-ring (bicyclic) bond motifs is 2. The van der Waals surface area contributed by atoms with Crippen LogP contribution in [0.4, 0.5) is 0 Å². The predicted octanol–water partition coefficient (Wildman–Crippen LogP) is 5.07. The first kappa shape index (κ1) is 12.7. The van der Waals surface area contributed by atoms with Gasteiger partial charge < -0.3 is 10.2 Å². The van der Waals surface area contributed by atoms with Crippen LogP contribution in [0.15, 0.2) is 72.8 Å². The van der Waals surface area contributed by atoms with E-state index in [2.05, 4.69) is 6.07 Å². The lowest BCUT2D eigenvalue weighted by atomic mass is 9.95. The van der Waals surface area contributed by atoms with E-state index in [4.69, 9.17) is 0 Å². The molecule has 2 heteroatoms. The monoisotopic (exact) mass is 286 g/mol. The van der Waals surface area contributed by atoms with Crippen LogP contribution in [0.2, 0.25) is 0 Å². The Balaban J connectivity index is 2.13. The third-order valence-corrected chi connectivity index (χ3v) is 4.00. The van der Waals surface area contributed by atoms with Gasteiger partial charge in [-0.25, -0.2) is 0 Å². The molecule has 0 aromatic heterocycles. The minimum Gasteiger partial charge on any atom is -0.508 e. The highest BCUT2D eigenvalue weighted by Gasteiger charge is 2.09. The van der Waals surface area contributed by atoms with E-state index in [1.54, 1.807) is 18.2 Å². The molecule has 106 valence electrons. The lowest BCUT2D eigenvalue weighted by Gasteiger charge is -2.10. The first-order valence-corrected chi connectivity index (χ1v) is 7.16. The fourth-order valence-electron chi connectivity index (χ4n) is 2.96. The Morgan fingerprint density at radius 3 is 2.18 bits per heavy atom. The highest BCUT2D eigenvalue weighted by atomic mass is 16.3. The maximum atomic E-state index is 10.1. The molecule has 0 saturated carbocycles. The summed E-state index contributed by atoms with van der Waals surface area (Å²) in [5.74, 6) is 0.477. The van der Waals surface area contributed by atoms with Gasteiger partial charge >= 0.3 is 0 Å². The topological polar surface area (TPSA) is 40.5 Å². The summed E-state index contributed by atoms with van der Waals surface area (Å²) in [7, 11) is 0. The van der Waals surface area contributed by atoms with Crippen molar-refractivity contribution in [2.45, 2.75) is 0 Å². The third kappa shape index (κ3) is 1.97. The summed E-state index contributed by atoms with van der Waals surface area (Å²) in [6.07, 6.45) is 0. The van der Waals surface area contributed by atoms with E-state index in [0.29, 0.717) is 0 Å². The summed E-state index contributed by atoms with van der Waals surface area (Å²) in [5, 5.41) is 23.8. The normalized spacial score (nSPS) is 11.1. The highest BCUT2D eigenvalue weighted by molar-refractivity contribution is 6.07. The smallest absolute Gasteiger partial charge is 0.123 e. The number of aromatic hydroxyl groups is 2. The van der Waals surface area contributed by atoms with E-state index >= 15 is 0 Å². The van der Waals surface area contributed by atoms with Gasteiger partial charge in [-0.1, -0.05) is 42.5 Å². The van der Waals surface area contributed by atoms with E-state index in [-0.39, 0.29) is 11.5 Å². The molecule has 0 saturated heterocycles. The van der Waals surface area contributed by atoms with Crippen LogP contribution >= 0.6 is 0 Å². The Labute approximate surface area is 127 Å². The largest absolute Gasteiger partial charge is 0.508 e. The van der Waals surface area contributed by atoms with Gasteiger partial charge in [0.05, 0.1) is 0 Å². The van der Waals surface area contributed by atoms with E-state index < -0.39 is 0 Å². The van der Waals surface area contributed by atoms with Gasteiger partial charge in [-0.3, -0.25) is 0 Å². The molecule has 0 amide bonds. The zero-order chi connectivity index (χ0) is 15.1. The summed E-state index contributed by atoms with van der Waals surface area (Å²) < 4.78 is 0. The van der Waals surface area contributed by atoms with Gasteiger partial charge in [-0.2, -0.15) is 0 Å². The standard InChI is InChI=1S/C20H14O2/c21-16-9-15-11-19-14(7-4-8-20(19)22)10-17(15)18(12-16)13-5-2-1-3-6-13/h1-12,21-22H. The molecule has 0 aliphatic heterocycles. The first-order chi connectivity index (χ1) is 10.7. The fourth-order valence-corrected chi connectivity index (χ4v) is 2.96. The minimum atomic E-state index is 0.223. The maximum absolute atomic E-state index is 10.1. The maximum Gasteiger partial charge on any atom is 0.123 e. The summed E-state index contributed by atoms with van der Waals surface area (Å²) in [6, 6.07) is 23.0. The van der Waals surface area contributed by atoms with Gasteiger partial charge in [0, 0.05) is 5.39 Å². The van der Waals surface area contributed by atoms with Crippen LogP contribution in [0.1, 0.15) is 0 Å². The number of hydrogen-bond acceptors (Lipinski definition) is 2. The molecule has 0 fully saturated rings. The molecule has 0 aliphatic rings. The Morgan fingerprint density at radius 1 is 0.591 bits per heavy atom. The zero-order valence-electron chi connectivity index (χ0n) is 11.8. The molecule has 0 spiro atoms. The number of hydrogen-bond donors (Lipinski definition) is 2. The predicted molar refractivity (Wildman–Crippen MR) is 90.2 cm³/mol. The second kappa shape index (κ2) is 4.78. The van der Waals surface area contributed by atoms with Crippen LogP contribution in [0, 0.1) is 0 Å². The van der Waals surface area contributed by atoms with Gasteiger partial charge in [0.2, 0.25) is 0 Å². The Hall–Kier alpha value is -3.00. The fraction of sp³-hybridized carbons (Fsp3) is 0. The Bertz CT molecular complexity index is 989. The molecule has 4 aromatic carbocycles. The zero-order valence-corrected chi connectivity index (χ0v) is 11.8. The second-order valence-corrected chi connectivity index (χ2v) is 5.43. The molecule has 0 unspecified atom stereocenters. The van der Waals surface area contributed by atoms with Gasteiger partial charge in [0.1, 0.15) is 11.5 Å². The summed E-state index contributed by atoms with van der Waals surface area (Å²) in [4.78, 5) is 0. The second-order valence-electron chi connectivity index (χ2n) is 5.43. The molecule has 22 heavy (non-hydrogen) atoms. The first-order valence-electron chi connectivity index (χ1n) is 7.16. The van der Waals surface area contributed by atoms with Crippen molar-refractivity contribution >= 4 is 21.5 Å². The van der Waals surface area contributed by atoms with Crippen LogP contribution < -0.4 is 0 Å². The Kier molecular flexibility index (Phi) is 2.76. The van der Waals surface area contributed by atoms with Crippen LogP contribution in [0.3, 0.4) is 0 Å². The van der Waals surface area contributed by atoms with Crippen LogP contribution in [0.25, 0.3) is 32.7 Å². The molecule has 0 atom stereocenters. The summed E-state index contributed by atoms with van der Waals surface area (Å²) >= 11 is 0. The lowest BCUT2D eigenvalue weighted by Crippen LogP contribution is -1.83. The van der Waals surface area contributed by atoms with E-state index in [1.165, 1.54) is 0 Å². The van der Waals surface area contributed by atoms with Crippen molar-refractivity contribution in [3.8, 4) is 22.6 Å². The SMILES string of the molecule is Oc1cc(-c2ccccc2)c2cc3cccc(O)c3cc2c1. The number of phenols is 2. The minimum absolute atomic E-state index is 0.223. The lowest BCUT2D eigenvalue weighted by molar-refractivity contribution is 0.476. The van der Waals surface area contributed by atoms with Crippen LogP contribution in [-0.4, -0.2) is 10.2 Å². The molecule has 0 heterocycles. The van der Waals surface area contributed by atoms with Crippen molar-refractivity contribution < 1.29 is 10.2 Å². The van der Waals surface area contributed by atoms with E-state index in [0.717, 1.165) is 32.7 Å². The van der Waals surface area contributed by atoms with Gasteiger partial charge in [0.15, 0.2) is 0 Å². The molecule has 2 N–H and O–H groups in total. The number of rotatable bonds is 1. The van der Waals surface area contributed by atoms with Crippen molar-refractivity contribution in [3.05, 3.63) is 72.8 Å². The van der Waals surface area contributed by atoms with Crippen molar-refractivity contribution in [2.75, 3.05) is 0 Å². The highest BCUT2D eigenvalue weighted by Crippen LogP contribution is 2.36. The molecule has 0 radical (unpaired) electrons. The van der Waals surface area contributed by atoms with Crippen LogP contribution in [-0.2, 0) is 0 Å². The average molecular weight is 286 g/mol. The number of phenolic OH excluding ortho intramolecular Hbond substituents is 2. The summed E-state index contributed by atoms with van der Waals surface area (Å²) in [6.45, 7) is 0. The molecule has 4 aromatic rings. The summed E-state index contributed by atoms with van der Waals surface area (Å²) in [5.41, 5.74) is 2.05. The molecular weight excluding hydrogens is 272 g/mol. The molecule has 4 rings (SSSR count). The van der Waals surface area contributed by atoms with Crippen molar-refractivity contribution in [3.63, 3.8) is 0 Å². The molecule has 0 aliphatic carbocycles. The molecule has 2 nitrogen and oxygen atoms in total. The van der Waals surface area contributed by atoms with Crippen molar-refractivity contribution in [1.29, 1.82) is 0 Å². The van der Waals surface area contributed by atoms with E-state index in [9.17, 15) is 10.2 Å². The molecule has 0 bridgehead atoms. The van der Waals surface area contributed by atoms with Crippen molar-refractivity contribution in [1.82, 2.24) is 0 Å². The average Bonchev–Trinajstić information content (AvgIpc) is 2.54. The quantitative estimate of drug-likeness (QED) is 0.479.